The maximum Gasteiger partial charge on any atom is 0.328 e. The smallest absolute Gasteiger partial charge is 0.328 e. The monoisotopic (exact) mass is 452 g/mol. The van der Waals surface area contributed by atoms with Crippen LogP contribution in [0.1, 0.15) is 49.3 Å². The van der Waals surface area contributed by atoms with Gasteiger partial charge in [-0.05, 0) is 87.4 Å². The van der Waals surface area contributed by atoms with E-state index in [9.17, 15) is 14.4 Å². The summed E-state index contributed by atoms with van der Waals surface area (Å²) in [5.41, 5.74) is 2.81. The summed E-state index contributed by atoms with van der Waals surface area (Å²) in [7, 11) is 1.29. The third-order valence-electron chi connectivity index (χ3n) is 5.83. The standard InChI is InChI=1S/C26H32N2O5/c1-17-13-18(2)15-21(14-17)28-23(29)16-20-7-9-22(10-8-20)33-26(11-5-6-12-26)25(31)27-19(3)24(30)32-4/h7-10,13-15,19H,5-6,11-12,16H2,1-4H3,(H,27,31)(H,28,29)/t19-/m0/s1. The second-order valence-electron chi connectivity index (χ2n) is 8.77. The Hall–Kier alpha value is -3.35. The molecule has 3 rings (SSSR count). The van der Waals surface area contributed by atoms with Crippen LogP contribution in [0, 0.1) is 13.8 Å². The molecule has 0 spiro atoms. The molecule has 176 valence electrons. The molecule has 0 aromatic heterocycles. The van der Waals surface area contributed by atoms with Crippen LogP contribution in [0.25, 0.3) is 0 Å². The van der Waals surface area contributed by atoms with E-state index in [0.29, 0.717) is 18.6 Å². The summed E-state index contributed by atoms with van der Waals surface area (Å²) >= 11 is 0. The second kappa shape index (κ2) is 10.5. The number of carbonyl (C=O) groups is 3. The number of methoxy groups -OCH3 is 1. The zero-order chi connectivity index (χ0) is 24.0. The molecule has 0 radical (unpaired) electrons. The Balaban J connectivity index is 1.62. The number of amides is 2. The number of benzene rings is 2. The first-order chi connectivity index (χ1) is 15.7. The number of hydrogen-bond donors (Lipinski definition) is 2. The molecule has 0 unspecified atom stereocenters. The van der Waals surface area contributed by atoms with Crippen molar-refractivity contribution in [3.8, 4) is 5.75 Å². The van der Waals surface area contributed by atoms with Crippen molar-refractivity contribution >= 4 is 23.5 Å². The van der Waals surface area contributed by atoms with Gasteiger partial charge < -0.3 is 20.1 Å². The molecule has 33 heavy (non-hydrogen) atoms. The van der Waals surface area contributed by atoms with Crippen molar-refractivity contribution in [2.24, 2.45) is 0 Å². The lowest BCUT2D eigenvalue weighted by Gasteiger charge is -2.30. The largest absolute Gasteiger partial charge is 0.477 e. The van der Waals surface area contributed by atoms with Gasteiger partial charge in [0.05, 0.1) is 13.5 Å². The third-order valence-corrected chi connectivity index (χ3v) is 5.83. The van der Waals surface area contributed by atoms with Crippen LogP contribution in [-0.2, 0) is 25.5 Å². The van der Waals surface area contributed by atoms with Crippen LogP contribution in [0.15, 0.2) is 42.5 Å². The molecule has 0 aliphatic heterocycles. The van der Waals surface area contributed by atoms with Crippen LogP contribution in [0.5, 0.6) is 5.75 Å². The highest BCUT2D eigenvalue weighted by Gasteiger charge is 2.44. The van der Waals surface area contributed by atoms with Gasteiger partial charge in [0.15, 0.2) is 5.60 Å². The summed E-state index contributed by atoms with van der Waals surface area (Å²) in [6, 6.07) is 12.4. The van der Waals surface area contributed by atoms with Crippen LogP contribution in [-0.4, -0.2) is 36.5 Å². The van der Waals surface area contributed by atoms with Crippen molar-refractivity contribution in [2.75, 3.05) is 12.4 Å². The lowest BCUT2D eigenvalue weighted by Crippen LogP contribution is -2.53. The molecule has 1 saturated carbocycles. The van der Waals surface area contributed by atoms with Gasteiger partial charge in [-0.15, -0.1) is 0 Å². The SMILES string of the molecule is COC(=O)[C@H](C)NC(=O)C1(Oc2ccc(CC(=O)Nc3cc(C)cc(C)c3)cc2)CCCC1. The Bertz CT molecular complexity index is 990. The maximum absolute atomic E-state index is 12.9. The predicted octanol–water partition coefficient (Wildman–Crippen LogP) is 3.85. The van der Waals surface area contributed by atoms with Crippen LogP contribution in [0.3, 0.4) is 0 Å². The molecule has 0 saturated heterocycles. The maximum atomic E-state index is 12.9. The molecule has 1 atom stereocenters. The minimum Gasteiger partial charge on any atom is -0.477 e. The Labute approximate surface area is 194 Å². The molecule has 1 fully saturated rings. The van der Waals surface area contributed by atoms with Crippen LogP contribution >= 0.6 is 0 Å². The molecule has 2 aromatic carbocycles. The summed E-state index contributed by atoms with van der Waals surface area (Å²) in [6.45, 7) is 5.58. The summed E-state index contributed by atoms with van der Waals surface area (Å²) in [5.74, 6) is -0.358. The van der Waals surface area contributed by atoms with E-state index in [0.717, 1.165) is 35.2 Å². The third kappa shape index (κ3) is 6.34. The summed E-state index contributed by atoms with van der Waals surface area (Å²) in [4.78, 5) is 37.1. The topological polar surface area (TPSA) is 93.7 Å². The molecule has 2 N–H and O–H groups in total. The van der Waals surface area contributed by atoms with E-state index in [2.05, 4.69) is 16.7 Å². The number of ether oxygens (including phenoxy) is 2. The number of aryl methyl sites for hydroxylation is 2. The summed E-state index contributed by atoms with van der Waals surface area (Å²) in [6.07, 6.45) is 3.13. The normalized spacial score (nSPS) is 15.4. The highest BCUT2D eigenvalue weighted by Crippen LogP contribution is 2.35. The van der Waals surface area contributed by atoms with Crippen LogP contribution < -0.4 is 15.4 Å². The first kappa shape index (κ1) is 24.3. The van der Waals surface area contributed by atoms with Gasteiger partial charge in [-0.1, -0.05) is 18.2 Å². The molecule has 7 nitrogen and oxygen atoms in total. The van der Waals surface area contributed by atoms with Crippen molar-refractivity contribution < 1.29 is 23.9 Å². The summed E-state index contributed by atoms with van der Waals surface area (Å²) < 4.78 is 10.8. The highest BCUT2D eigenvalue weighted by atomic mass is 16.5. The van der Waals surface area contributed by atoms with E-state index in [4.69, 9.17) is 9.47 Å². The number of anilines is 1. The van der Waals surface area contributed by atoms with Gasteiger partial charge in [0.25, 0.3) is 5.91 Å². The van der Waals surface area contributed by atoms with E-state index in [1.165, 1.54) is 7.11 Å². The number of esters is 1. The fourth-order valence-corrected chi connectivity index (χ4v) is 4.22. The van der Waals surface area contributed by atoms with Gasteiger partial charge in [0.1, 0.15) is 11.8 Å². The van der Waals surface area contributed by atoms with Gasteiger partial charge in [-0.25, -0.2) is 4.79 Å². The Kier molecular flexibility index (Phi) is 7.74. The average molecular weight is 453 g/mol. The quantitative estimate of drug-likeness (QED) is 0.594. The number of rotatable bonds is 8. The van der Waals surface area contributed by atoms with E-state index in [1.807, 2.05) is 38.1 Å². The highest BCUT2D eigenvalue weighted by molar-refractivity contribution is 5.92. The lowest BCUT2D eigenvalue weighted by atomic mass is 10.00. The number of carbonyl (C=O) groups excluding carboxylic acids is 3. The molecule has 1 aliphatic carbocycles. The van der Waals surface area contributed by atoms with Crippen molar-refractivity contribution in [2.45, 2.75) is 64.5 Å². The molecule has 2 aromatic rings. The minimum absolute atomic E-state index is 0.0999. The van der Waals surface area contributed by atoms with Crippen molar-refractivity contribution in [3.63, 3.8) is 0 Å². The van der Waals surface area contributed by atoms with Crippen molar-refractivity contribution in [1.29, 1.82) is 0 Å². The Morgan fingerprint density at radius 2 is 1.61 bits per heavy atom. The summed E-state index contributed by atoms with van der Waals surface area (Å²) in [5, 5.41) is 5.65. The molecular weight excluding hydrogens is 420 g/mol. The average Bonchev–Trinajstić information content (AvgIpc) is 3.23. The molecule has 0 bridgehead atoms. The van der Waals surface area contributed by atoms with Crippen LogP contribution in [0.4, 0.5) is 5.69 Å². The second-order valence-corrected chi connectivity index (χ2v) is 8.77. The Morgan fingerprint density at radius 1 is 1.00 bits per heavy atom. The van der Waals surface area contributed by atoms with Gasteiger partial charge >= 0.3 is 5.97 Å². The Morgan fingerprint density at radius 3 is 2.18 bits per heavy atom. The molecular formula is C26H32N2O5. The van der Waals surface area contributed by atoms with Gasteiger partial charge in [-0.3, -0.25) is 9.59 Å². The van der Waals surface area contributed by atoms with Gasteiger partial charge in [0.2, 0.25) is 5.91 Å². The fourth-order valence-electron chi connectivity index (χ4n) is 4.22. The van der Waals surface area contributed by atoms with Crippen molar-refractivity contribution in [3.05, 3.63) is 59.2 Å². The predicted molar refractivity (Wildman–Crippen MR) is 126 cm³/mol. The van der Waals surface area contributed by atoms with Crippen LogP contribution in [0.2, 0.25) is 0 Å². The van der Waals surface area contributed by atoms with E-state index >= 15 is 0 Å². The van der Waals surface area contributed by atoms with Gasteiger partial charge in [0, 0.05) is 5.69 Å². The number of hydrogen-bond acceptors (Lipinski definition) is 5. The van der Waals surface area contributed by atoms with E-state index in [1.54, 1.807) is 19.1 Å². The first-order valence-corrected chi connectivity index (χ1v) is 11.3. The fraction of sp³-hybridized carbons (Fsp3) is 0.423. The molecule has 0 heterocycles. The zero-order valence-corrected chi connectivity index (χ0v) is 19.7. The first-order valence-electron chi connectivity index (χ1n) is 11.3. The molecule has 7 heteroatoms. The van der Waals surface area contributed by atoms with E-state index in [-0.39, 0.29) is 18.2 Å². The molecule has 1 aliphatic rings. The molecule has 2 amide bonds. The van der Waals surface area contributed by atoms with Gasteiger partial charge in [-0.2, -0.15) is 0 Å². The number of nitrogens with one attached hydrogen (secondary N) is 2. The zero-order valence-electron chi connectivity index (χ0n) is 19.7. The minimum atomic E-state index is -1.01. The van der Waals surface area contributed by atoms with E-state index < -0.39 is 17.6 Å². The lowest BCUT2D eigenvalue weighted by molar-refractivity contribution is -0.147. The van der Waals surface area contributed by atoms with Crippen molar-refractivity contribution in [1.82, 2.24) is 5.32 Å².